The number of carbonyl (C=O) groups is 2. The maximum atomic E-state index is 11.7. The fraction of sp³-hybridized carbons (Fsp3) is 0.429. The van der Waals surface area contributed by atoms with E-state index in [4.69, 9.17) is 4.74 Å². The third-order valence-electron chi connectivity index (χ3n) is 2.36. The van der Waals surface area contributed by atoms with E-state index in [1.165, 1.54) is 0 Å². The third-order valence-corrected chi connectivity index (χ3v) is 3.10. The minimum atomic E-state index is -1.13. The summed E-state index contributed by atoms with van der Waals surface area (Å²) in [5.41, 5.74) is -0.170. The zero-order valence-electron chi connectivity index (χ0n) is 12.0. The van der Waals surface area contributed by atoms with E-state index in [-0.39, 0.29) is 0 Å². The molecule has 1 amide bonds. The highest BCUT2D eigenvalue weighted by Crippen LogP contribution is 2.20. The van der Waals surface area contributed by atoms with Gasteiger partial charge in [-0.25, -0.2) is 9.59 Å². The normalized spacial score (nSPS) is 12.6. The Kier molecular flexibility index (Phi) is 5.44. The van der Waals surface area contributed by atoms with Crippen molar-refractivity contribution in [1.82, 2.24) is 5.32 Å². The quantitative estimate of drug-likeness (QED) is 0.835. The van der Waals surface area contributed by atoms with Crippen molar-refractivity contribution in [3.8, 4) is 0 Å². The van der Waals surface area contributed by atoms with E-state index in [0.29, 0.717) is 5.56 Å². The minimum Gasteiger partial charge on any atom is -0.479 e. The Morgan fingerprint density at radius 2 is 1.80 bits per heavy atom. The smallest absolute Gasteiger partial charge is 0.408 e. The molecular formula is C14H19NO4S. The average molecular weight is 297 g/mol. The largest absolute Gasteiger partial charge is 0.479 e. The van der Waals surface area contributed by atoms with Crippen LogP contribution >= 0.6 is 11.8 Å². The first-order valence-electron chi connectivity index (χ1n) is 6.09. The van der Waals surface area contributed by atoms with Gasteiger partial charge in [-0.3, -0.25) is 0 Å². The van der Waals surface area contributed by atoms with Crippen LogP contribution in [0.5, 0.6) is 0 Å². The van der Waals surface area contributed by atoms with Crippen molar-refractivity contribution in [2.24, 2.45) is 0 Å². The number of benzene rings is 1. The van der Waals surface area contributed by atoms with E-state index < -0.39 is 23.7 Å². The van der Waals surface area contributed by atoms with Gasteiger partial charge in [0.05, 0.1) is 0 Å². The number of carboxylic acid groups (broad SMARTS) is 1. The second kappa shape index (κ2) is 6.65. The van der Waals surface area contributed by atoms with E-state index in [9.17, 15) is 14.7 Å². The molecule has 1 rings (SSSR count). The second-order valence-corrected chi connectivity index (χ2v) is 6.07. The summed E-state index contributed by atoms with van der Waals surface area (Å²) < 4.78 is 5.07. The summed E-state index contributed by atoms with van der Waals surface area (Å²) in [6, 6.07) is 5.87. The molecular weight excluding hydrogens is 278 g/mol. The van der Waals surface area contributed by atoms with Crippen LogP contribution in [-0.4, -0.2) is 29.0 Å². The SMILES string of the molecule is CSc1ccc([C@H](NC(=O)OC(C)(C)C)C(=O)O)cc1. The van der Waals surface area contributed by atoms with Crippen molar-refractivity contribution in [2.45, 2.75) is 37.3 Å². The number of carboxylic acids is 1. The van der Waals surface area contributed by atoms with Gasteiger partial charge in [-0.1, -0.05) is 12.1 Å². The lowest BCUT2D eigenvalue weighted by Crippen LogP contribution is -2.38. The summed E-state index contributed by atoms with van der Waals surface area (Å²) in [4.78, 5) is 24.0. The van der Waals surface area contributed by atoms with Crippen LogP contribution in [0, 0.1) is 0 Å². The summed E-state index contributed by atoms with van der Waals surface area (Å²) >= 11 is 1.56. The van der Waals surface area contributed by atoms with Crippen molar-refractivity contribution >= 4 is 23.8 Å². The Balaban J connectivity index is 2.83. The number of nitrogens with one attached hydrogen (secondary N) is 1. The molecule has 1 aromatic carbocycles. The van der Waals surface area contributed by atoms with Crippen LogP contribution in [0.1, 0.15) is 32.4 Å². The number of hydrogen-bond acceptors (Lipinski definition) is 4. The molecule has 6 heteroatoms. The van der Waals surface area contributed by atoms with E-state index in [2.05, 4.69) is 5.32 Å². The van der Waals surface area contributed by atoms with Crippen LogP contribution in [0.4, 0.5) is 4.79 Å². The second-order valence-electron chi connectivity index (χ2n) is 5.19. The first-order chi connectivity index (χ1) is 9.23. The molecule has 0 bridgehead atoms. The van der Waals surface area contributed by atoms with Gasteiger partial charge in [0.1, 0.15) is 5.60 Å². The lowest BCUT2D eigenvalue weighted by molar-refractivity contribution is -0.139. The molecule has 0 radical (unpaired) electrons. The van der Waals surface area contributed by atoms with Crippen LogP contribution in [0.2, 0.25) is 0 Å². The van der Waals surface area contributed by atoms with Crippen molar-refractivity contribution < 1.29 is 19.4 Å². The van der Waals surface area contributed by atoms with Gasteiger partial charge in [0.2, 0.25) is 0 Å². The lowest BCUT2D eigenvalue weighted by atomic mass is 10.1. The molecule has 2 N–H and O–H groups in total. The van der Waals surface area contributed by atoms with Crippen LogP contribution in [0.15, 0.2) is 29.2 Å². The summed E-state index contributed by atoms with van der Waals surface area (Å²) in [6.45, 7) is 5.15. The molecule has 0 spiro atoms. The van der Waals surface area contributed by atoms with Gasteiger partial charge < -0.3 is 15.2 Å². The molecule has 0 aliphatic rings. The predicted molar refractivity (Wildman–Crippen MR) is 78.0 cm³/mol. The Morgan fingerprint density at radius 1 is 1.25 bits per heavy atom. The molecule has 20 heavy (non-hydrogen) atoms. The number of hydrogen-bond donors (Lipinski definition) is 2. The summed E-state index contributed by atoms with van der Waals surface area (Å²) in [5.74, 6) is -1.13. The van der Waals surface area contributed by atoms with Gasteiger partial charge in [0.25, 0.3) is 0 Å². The van der Waals surface area contributed by atoms with Crippen molar-refractivity contribution in [2.75, 3.05) is 6.26 Å². The molecule has 0 fully saturated rings. The van der Waals surface area contributed by atoms with Crippen LogP contribution < -0.4 is 5.32 Å². The number of alkyl carbamates (subject to hydrolysis) is 1. The molecule has 0 heterocycles. The van der Waals surface area contributed by atoms with Gasteiger partial charge in [0.15, 0.2) is 6.04 Å². The first kappa shape index (κ1) is 16.4. The molecule has 0 aliphatic carbocycles. The average Bonchev–Trinajstić information content (AvgIpc) is 2.34. The number of ether oxygens (including phenoxy) is 1. The van der Waals surface area contributed by atoms with Crippen molar-refractivity contribution in [1.29, 1.82) is 0 Å². The van der Waals surface area contributed by atoms with Crippen LogP contribution in [-0.2, 0) is 9.53 Å². The maximum absolute atomic E-state index is 11.7. The molecule has 0 aromatic heterocycles. The molecule has 110 valence electrons. The Morgan fingerprint density at radius 3 is 2.20 bits per heavy atom. The predicted octanol–water partition coefficient (Wildman–Crippen LogP) is 3.06. The monoisotopic (exact) mass is 297 g/mol. The van der Waals surface area contributed by atoms with Gasteiger partial charge in [-0.05, 0) is 44.7 Å². The molecule has 5 nitrogen and oxygen atoms in total. The van der Waals surface area contributed by atoms with E-state index >= 15 is 0 Å². The molecule has 0 saturated carbocycles. The molecule has 0 aliphatic heterocycles. The third kappa shape index (κ3) is 5.13. The van der Waals surface area contributed by atoms with Gasteiger partial charge in [-0.2, -0.15) is 0 Å². The summed E-state index contributed by atoms with van der Waals surface area (Å²) in [6.07, 6.45) is 1.18. The highest BCUT2D eigenvalue weighted by atomic mass is 32.2. The number of aliphatic carboxylic acids is 1. The van der Waals surface area contributed by atoms with Crippen LogP contribution in [0.3, 0.4) is 0 Å². The number of thioether (sulfide) groups is 1. The van der Waals surface area contributed by atoms with Gasteiger partial charge >= 0.3 is 12.1 Å². The molecule has 1 atom stereocenters. The van der Waals surface area contributed by atoms with E-state index in [0.717, 1.165) is 4.90 Å². The topological polar surface area (TPSA) is 75.6 Å². The lowest BCUT2D eigenvalue weighted by Gasteiger charge is -2.22. The van der Waals surface area contributed by atoms with Gasteiger partial charge in [-0.15, -0.1) is 11.8 Å². The van der Waals surface area contributed by atoms with Crippen molar-refractivity contribution in [3.63, 3.8) is 0 Å². The standard InChI is InChI=1S/C14H19NO4S/c1-14(2,3)19-13(18)15-11(12(16)17)9-5-7-10(20-4)8-6-9/h5-8,11H,1-4H3,(H,15,18)(H,16,17)/t11-/m0/s1. The number of rotatable bonds is 4. The summed E-state index contributed by atoms with van der Waals surface area (Å²) in [7, 11) is 0. The number of carbonyl (C=O) groups excluding carboxylic acids is 1. The minimum absolute atomic E-state index is 0.501. The zero-order chi connectivity index (χ0) is 15.3. The molecule has 1 aromatic rings. The fourth-order valence-electron chi connectivity index (χ4n) is 1.51. The fourth-order valence-corrected chi connectivity index (χ4v) is 1.92. The Bertz CT molecular complexity index is 479. The number of amides is 1. The summed E-state index contributed by atoms with van der Waals surface area (Å²) in [5, 5.41) is 11.6. The molecule has 0 saturated heterocycles. The Hall–Kier alpha value is -1.69. The zero-order valence-corrected chi connectivity index (χ0v) is 12.8. The van der Waals surface area contributed by atoms with Gasteiger partial charge in [0, 0.05) is 4.90 Å². The van der Waals surface area contributed by atoms with Crippen LogP contribution in [0.25, 0.3) is 0 Å². The molecule has 0 unspecified atom stereocenters. The first-order valence-corrected chi connectivity index (χ1v) is 7.31. The highest BCUT2D eigenvalue weighted by Gasteiger charge is 2.25. The van der Waals surface area contributed by atoms with E-state index in [1.54, 1.807) is 44.7 Å². The maximum Gasteiger partial charge on any atom is 0.408 e. The highest BCUT2D eigenvalue weighted by molar-refractivity contribution is 7.98. The van der Waals surface area contributed by atoms with Crippen molar-refractivity contribution in [3.05, 3.63) is 29.8 Å². The Labute approximate surface area is 122 Å². The van der Waals surface area contributed by atoms with E-state index in [1.807, 2.05) is 18.4 Å².